The molecule has 2 rings (SSSR count). The van der Waals surface area contributed by atoms with Gasteiger partial charge in [-0.05, 0) is 48.7 Å². The highest BCUT2D eigenvalue weighted by Gasteiger charge is 2.22. The monoisotopic (exact) mass is 389 g/mol. The number of rotatable bonds is 9. The first-order valence-electron chi connectivity index (χ1n) is 9.07. The predicted octanol–water partition coefficient (Wildman–Crippen LogP) is 2.82. The van der Waals surface area contributed by atoms with Crippen LogP contribution >= 0.6 is 0 Å². The first kappa shape index (κ1) is 21.1. The Kier molecular flexibility index (Phi) is 7.50. The maximum absolute atomic E-state index is 12.7. The first-order valence-corrected chi connectivity index (χ1v) is 10.5. The van der Waals surface area contributed by atoms with E-state index in [1.54, 1.807) is 43.5 Å². The number of sulfonamides is 1. The van der Waals surface area contributed by atoms with Crippen LogP contribution in [0.2, 0.25) is 0 Å². The van der Waals surface area contributed by atoms with Crippen LogP contribution < -0.4 is 0 Å². The molecule has 1 amide bonds. The Balaban J connectivity index is 2.10. The number of pyridine rings is 1. The Morgan fingerprint density at radius 3 is 2.44 bits per heavy atom. The second-order valence-corrected chi connectivity index (χ2v) is 8.59. The second kappa shape index (κ2) is 9.62. The zero-order valence-electron chi connectivity index (χ0n) is 16.1. The lowest BCUT2D eigenvalue weighted by molar-refractivity contribution is 0.0796. The van der Waals surface area contributed by atoms with Crippen molar-refractivity contribution in [2.75, 3.05) is 27.2 Å². The van der Waals surface area contributed by atoms with Crippen LogP contribution in [0.15, 0.2) is 53.7 Å². The van der Waals surface area contributed by atoms with Gasteiger partial charge in [0, 0.05) is 45.1 Å². The molecule has 1 heterocycles. The van der Waals surface area contributed by atoms with E-state index in [0.29, 0.717) is 25.1 Å². The van der Waals surface area contributed by atoms with Crippen LogP contribution in [0.1, 0.15) is 35.7 Å². The van der Waals surface area contributed by atoms with E-state index in [9.17, 15) is 13.2 Å². The standard InChI is InChI=1S/C20H27N3O3S/c1-4-5-14-23(3)27(25,26)19-8-6-7-18(16-19)20(24)22(2)15-11-17-9-12-21-13-10-17/h6-10,12-13,16H,4-5,11,14-15H2,1-3H3. The number of amides is 1. The van der Waals surface area contributed by atoms with E-state index in [1.165, 1.54) is 16.4 Å². The topological polar surface area (TPSA) is 70.6 Å². The molecule has 1 aromatic heterocycles. The third kappa shape index (κ3) is 5.61. The molecular weight excluding hydrogens is 362 g/mol. The summed E-state index contributed by atoms with van der Waals surface area (Å²) in [6, 6.07) is 10.1. The third-order valence-corrected chi connectivity index (χ3v) is 6.30. The van der Waals surface area contributed by atoms with Crippen molar-refractivity contribution >= 4 is 15.9 Å². The van der Waals surface area contributed by atoms with Gasteiger partial charge in [-0.3, -0.25) is 9.78 Å². The fourth-order valence-electron chi connectivity index (χ4n) is 2.64. The molecule has 0 N–H and O–H groups in total. The minimum absolute atomic E-state index is 0.148. The molecule has 146 valence electrons. The number of carbonyl (C=O) groups excluding carboxylic acids is 1. The number of carbonyl (C=O) groups is 1. The molecule has 2 aromatic rings. The van der Waals surface area contributed by atoms with Crippen LogP contribution in [-0.4, -0.2) is 55.7 Å². The SMILES string of the molecule is CCCCN(C)S(=O)(=O)c1cccc(C(=O)N(C)CCc2ccncc2)c1. The van der Waals surface area contributed by atoms with Crippen LogP contribution in [0.5, 0.6) is 0 Å². The molecule has 0 aliphatic carbocycles. The Bertz CT molecular complexity index is 854. The fourth-order valence-corrected chi connectivity index (χ4v) is 3.89. The zero-order chi connectivity index (χ0) is 19.9. The molecule has 0 saturated carbocycles. The molecule has 0 fully saturated rings. The van der Waals surface area contributed by atoms with Crippen LogP contribution in [-0.2, 0) is 16.4 Å². The van der Waals surface area contributed by atoms with E-state index in [-0.39, 0.29) is 10.8 Å². The molecule has 0 aliphatic heterocycles. The summed E-state index contributed by atoms with van der Waals surface area (Å²) < 4.78 is 26.7. The van der Waals surface area contributed by atoms with Crippen molar-refractivity contribution in [1.29, 1.82) is 0 Å². The highest BCUT2D eigenvalue weighted by atomic mass is 32.2. The van der Waals surface area contributed by atoms with Gasteiger partial charge in [0.25, 0.3) is 5.91 Å². The Labute approximate surface area is 161 Å². The predicted molar refractivity (Wildman–Crippen MR) is 106 cm³/mol. The van der Waals surface area contributed by atoms with Crippen LogP contribution in [0.25, 0.3) is 0 Å². The van der Waals surface area contributed by atoms with Crippen molar-refractivity contribution in [1.82, 2.24) is 14.2 Å². The molecule has 0 aliphatic rings. The summed E-state index contributed by atoms with van der Waals surface area (Å²) in [6.45, 7) is 3.01. The number of aromatic nitrogens is 1. The molecule has 0 radical (unpaired) electrons. The van der Waals surface area contributed by atoms with Gasteiger partial charge in [0.05, 0.1) is 4.90 Å². The summed E-state index contributed by atoms with van der Waals surface area (Å²) in [5.41, 5.74) is 1.47. The summed E-state index contributed by atoms with van der Waals surface area (Å²) in [4.78, 5) is 18.4. The lowest BCUT2D eigenvalue weighted by Gasteiger charge is -2.19. The van der Waals surface area contributed by atoms with Gasteiger partial charge >= 0.3 is 0 Å². The summed E-state index contributed by atoms with van der Waals surface area (Å²) in [5.74, 6) is -0.197. The summed E-state index contributed by atoms with van der Waals surface area (Å²) in [5, 5.41) is 0. The lowest BCUT2D eigenvalue weighted by atomic mass is 10.1. The van der Waals surface area contributed by atoms with E-state index < -0.39 is 10.0 Å². The maximum atomic E-state index is 12.7. The third-order valence-electron chi connectivity index (χ3n) is 4.45. The molecule has 0 saturated heterocycles. The Morgan fingerprint density at radius 2 is 1.78 bits per heavy atom. The Hall–Kier alpha value is -2.25. The molecule has 1 aromatic carbocycles. The van der Waals surface area contributed by atoms with E-state index in [4.69, 9.17) is 0 Å². The second-order valence-electron chi connectivity index (χ2n) is 6.54. The van der Waals surface area contributed by atoms with Gasteiger partial charge in [-0.15, -0.1) is 0 Å². The maximum Gasteiger partial charge on any atom is 0.253 e. The lowest BCUT2D eigenvalue weighted by Crippen LogP contribution is -2.30. The molecule has 0 bridgehead atoms. The molecule has 0 atom stereocenters. The highest BCUT2D eigenvalue weighted by Crippen LogP contribution is 2.17. The van der Waals surface area contributed by atoms with Crippen LogP contribution in [0.3, 0.4) is 0 Å². The number of hydrogen-bond acceptors (Lipinski definition) is 4. The minimum Gasteiger partial charge on any atom is -0.341 e. The molecular formula is C20H27N3O3S. The smallest absolute Gasteiger partial charge is 0.253 e. The normalized spacial score (nSPS) is 11.6. The highest BCUT2D eigenvalue weighted by molar-refractivity contribution is 7.89. The van der Waals surface area contributed by atoms with E-state index in [2.05, 4.69) is 4.98 Å². The number of nitrogens with zero attached hydrogens (tertiary/aromatic N) is 3. The summed E-state index contributed by atoms with van der Waals surface area (Å²) in [6.07, 6.45) is 5.87. The number of benzene rings is 1. The quantitative estimate of drug-likeness (QED) is 0.661. The molecule has 6 nitrogen and oxygen atoms in total. The molecule has 0 spiro atoms. The van der Waals surface area contributed by atoms with Crippen LogP contribution in [0.4, 0.5) is 0 Å². The van der Waals surface area contributed by atoms with E-state index >= 15 is 0 Å². The van der Waals surface area contributed by atoms with Crippen molar-refractivity contribution in [3.63, 3.8) is 0 Å². The fraction of sp³-hybridized carbons (Fsp3) is 0.400. The molecule has 27 heavy (non-hydrogen) atoms. The van der Waals surface area contributed by atoms with Gasteiger partial charge in [0.1, 0.15) is 0 Å². The van der Waals surface area contributed by atoms with Crippen molar-refractivity contribution in [2.24, 2.45) is 0 Å². The van der Waals surface area contributed by atoms with E-state index in [1.807, 2.05) is 19.1 Å². The summed E-state index contributed by atoms with van der Waals surface area (Å²) in [7, 11) is -0.302. The van der Waals surface area contributed by atoms with Gasteiger partial charge in [0.15, 0.2) is 0 Å². The molecule has 7 heteroatoms. The van der Waals surface area contributed by atoms with Gasteiger partial charge in [-0.2, -0.15) is 0 Å². The van der Waals surface area contributed by atoms with Crippen molar-refractivity contribution in [3.8, 4) is 0 Å². The van der Waals surface area contributed by atoms with Crippen molar-refractivity contribution in [3.05, 3.63) is 59.9 Å². The van der Waals surface area contributed by atoms with Crippen molar-refractivity contribution < 1.29 is 13.2 Å². The van der Waals surface area contributed by atoms with Crippen molar-refractivity contribution in [2.45, 2.75) is 31.1 Å². The average Bonchev–Trinajstić information content (AvgIpc) is 2.70. The van der Waals surface area contributed by atoms with Gasteiger partial charge in [-0.25, -0.2) is 12.7 Å². The van der Waals surface area contributed by atoms with E-state index in [0.717, 1.165) is 18.4 Å². The number of unbranched alkanes of at least 4 members (excludes halogenated alkanes) is 1. The summed E-state index contributed by atoms with van der Waals surface area (Å²) >= 11 is 0. The zero-order valence-corrected chi connectivity index (χ0v) is 16.9. The number of hydrogen-bond donors (Lipinski definition) is 0. The van der Waals surface area contributed by atoms with Gasteiger partial charge < -0.3 is 4.90 Å². The van der Waals surface area contributed by atoms with Crippen LogP contribution in [0, 0.1) is 0 Å². The first-order chi connectivity index (χ1) is 12.9. The Morgan fingerprint density at radius 1 is 1.07 bits per heavy atom. The molecule has 0 unspecified atom stereocenters. The largest absolute Gasteiger partial charge is 0.341 e. The van der Waals surface area contributed by atoms with Gasteiger partial charge in [-0.1, -0.05) is 19.4 Å². The minimum atomic E-state index is -3.59. The van der Waals surface area contributed by atoms with Gasteiger partial charge in [0.2, 0.25) is 10.0 Å². The number of likely N-dealkylation sites (N-methyl/N-ethyl adjacent to an activating group) is 1. The average molecular weight is 390 g/mol.